The number of carbonyl (C=O) groups is 2. The summed E-state index contributed by atoms with van der Waals surface area (Å²) in [6.45, 7) is 3.33. The number of ketones is 1. The topological polar surface area (TPSA) is 88.2 Å². The number of hydrogen-bond donors (Lipinski definition) is 1. The van der Waals surface area contributed by atoms with Gasteiger partial charge in [0.15, 0.2) is 17.1 Å². The molecule has 1 N–H and O–H groups in total. The fourth-order valence-electron chi connectivity index (χ4n) is 2.87. The summed E-state index contributed by atoms with van der Waals surface area (Å²) >= 11 is 5.71. The molecule has 3 rings (SSSR count). The molecule has 27 heavy (non-hydrogen) atoms. The lowest BCUT2D eigenvalue weighted by atomic mass is 10.0. The average molecular weight is 387 g/mol. The Balaban J connectivity index is 1.68. The SMILES string of the molecule is Cc1[nH]c2ccccc2c1C(=O)C(C)OC(=O)CN(C)c1ccc(Cl)nn1. The maximum atomic E-state index is 12.8. The summed E-state index contributed by atoms with van der Waals surface area (Å²) in [7, 11) is 1.68. The van der Waals surface area contributed by atoms with Crippen LogP contribution in [0.3, 0.4) is 0 Å². The van der Waals surface area contributed by atoms with E-state index >= 15 is 0 Å². The molecule has 0 fully saturated rings. The molecule has 3 aromatic rings. The Labute approximate surface area is 161 Å². The molecule has 0 radical (unpaired) electrons. The van der Waals surface area contributed by atoms with E-state index in [4.69, 9.17) is 16.3 Å². The van der Waals surface area contributed by atoms with Gasteiger partial charge in [-0.15, -0.1) is 10.2 Å². The number of halogens is 1. The smallest absolute Gasteiger partial charge is 0.326 e. The van der Waals surface area contributed by atoms with Crippen LogP contribution in [0.2, 0.25) is 5.15 Å². The van der Waals surface area contributed by atoms with Crippen LogP contribution in [0.1, 0.15) is 23.0 Å². The zero-order valence-corrected chi connectivity index (χ0v) is 15.9. The van der Waals surface area contributed by atoms with Crippen LogP contribution >= 0.6 is 11.6 Å². The van der Waals surface area contributed by atoms with Crippen LogP contribution in [-0.4, -0.2) is 46.6 Å². The van der Waals surface area contributed by atoms with E-state index in [2.05, 4.69) is 15.2 Å². The normalized spacial score (nSPS) is 12.0. The van der Waals surface area contributed by atoms with E-state index in [1.165, 1.54) is 0 Å². The molecule has 0 bridgehead atoms. The fourth-order valence-corrected chi connectivity index (χ4v) is 2.97. The molecule has 1 atom stereocenters. The lowest BCUT2D eigenvalue weighted by Gasteiger charge is -2.18. The number of para-hydroxylation sites is 1. The average Bonchev–Trinajstić information content (AvgIpc) is 2.97. The van der Waals surface area contributed by atoms with Crippen LogP contribution in [0.15, 0.2) is 36.4 Å². The lowest BCUT2D eigenvalue weighted by molar-refractivity contribution is -0.144. The largest absolute Gasteiger partial charge is 0.453 e. The first-order valence-electron chi connectivity index (χ1n) is 8.38. The first-order chi connectivity index (χ1) is 12.9. The Morgan fingerprint density at radius 3 is 2.67 bits per heavy atom. The van der Waals surface area contributed by atoms with Crippen LogP contribution in [0, 0.1) is 6.92 Å². The maximum absolute atomic E-state index is 12.8. The number of aryl methyl sites for hydroxylation is 1. The van der Waals surface area contributed by atoms with Gasteiger partial charge in [-0.1, -0.05) is 29.8 Å². The Morgan fingerprint density at radius 1 is 1.22 bits per heavy atom. The van der Waals surface area contributed by atoms with Crippen molar-refractivity contribution < 1.29 is 14.3 Å². The molecule has 8 heteroatoms. The molecule has 2 aromatic heterocycles. The van der Waals surface area contributed by atoms with E-state index in [9.17, 15) is 9.59 Å². The van der Waals surface area contributed by atoms with Crippen LogP contribution < -0.4 is 4.90 Å². The summed E-state index contributed by atoms with van der Waals surface area (Å²) in [5, 5.41) is 8.71. The van der Waals surface area contributed by atoms with Gasteiger partial charge in [0.1, 0.15) is 6.54 Å². The second kappa shape index (κ2) is 7.75. The molecule has 0 saturated carbocycles. The second-order valence-electron chi connectivity index (χ2n) is 6.24. The number of nitrogens with zero attached hydrogens (tertiary/aromatic N) is 3. The number of aromatic amines is 1. The number of esters is 1. The Bertz CT molecular complexity index is 984. The van der Waals surface area contributed by atoms with E-state index in [0.717, 1.165) is 16.6 Å². The van der Waals surface area contributed by atoms with Gasteiger partial charge in [-0.2, -0.15) is 0 Å². The molecule has 140 valence electrons. The quantitative estimate of drug-likeness (QED) is 0.517. The van der Waals surface area contributed by atoms with Crippen LogP contribution in [0.25, 0.3) is 10.9 Å². The highest BCUT2D eigenvalue weighted by molar-refractivity contribution is 6.29. The van der Waals surface area contributed by atoms with Crippen molar-refractivity contribution in [3.8, 4) is 0 Å². The molecule has 2 heterocycles. The Hall–Kier alpha value is -2.93. The van der Waals surface area contributed by atoms with Crippen molar-refractivity contribution >= 4 is 40.1 Å². The van der Waals surface area contributed by atoms with Crippen molar-refractivity contribution in [2.24, 2.45) is 0 Å². The van der Waals surface area contributed by atoms with Crippen molar-refractivity contribution in [3.05, 3.63) is 52.8 Å². The number of Topliss-reactive ketones (excluding diaryl/α,β-unsaturated/α-hetero) is 1. The van der Waals surface area contributed by atoms with Crippen molar-refractivity contribution in [1.29, 1.82) is 0 Å². The van der Waals surface area contributed by atoms with Crippen LogP contribution in [-0.2, 0) is 9.53 Å². The summed E-state index contributed by atoms with van der Waals surface area (Å²) < 4.78 is 5.34. The van der Waals surface area contributed by atoms with Gasteiger partial charge in [-0.3, -0.25) is 9.59 Å². The molecule has 1 unspecified atom stereocenters. The van der Waals surface area contributed by atoms with E-state index in [1.807, 2.05) is 31.2 Å². The highest BCUT2D eigenvalue weighted by Gasteiger charge is 2.24. The zero-order chi connectivity index (χ0) is 19.6. The molecule has 0 aliphatic rings. The van der Waals surface area contributed by atoms with Gasteiger partial charge in [0.25, 0.3) is 0 Å². The predicted molar refractivity (Wildman–Crippen MR) is 103 cm³/mol. The Kier molecular flexibility index (Phi) is 5.41. The number of carbonyl (C=O) groups excluding carboxylic acids is 2. The van der Waals surface area contributed by atoms with Crippen LogP contribution in [0.5, 0.6) is 0 Å². The first kappa shape index (κ1) is 18.8. The summed E-state index contributed by atoms with van der Waals surface area (Å²) in [6, 6.07) is 10.8. The zero-order valence-electron chi connectivity index (χ0n) is 15.2. The van der Waals surface area contributed by atoms with E-state index in [-0.39, 0.29) is 17.5 Å². The molecule has 1 aromatic carbocycles. The molecule has 7 nitrogen and oxygen atoms in total. The third kappa shape index (κ3) is 4.09. The minimum absolute atomic E-state index is 0.0687. The molecule has 0 aliphatic carbocycles. The predicted octanol–water partition coefficient (Wildman–Crippen LogP) is 3.17. The van der Waals surface area contributed by atoms with Gasteiger partial charge in [-0.05, 0) is 32.0 Å². The first-order valence-corrected chi connectivity index (χ1v) is 8.76. The number of rotatable bonds is 6. The number of fused-ring (bicyclic) bond motifs is 1. The molecular weight excluding hydrogens is 368 g/mol. The summed E-state index contributed by atoms with van der Waals surface area (Å²) in [5.74, 6) is -0.303. The highest BCUT2D eigenvalue weighted by Crippen LogP contribution is 2.24. The molecule has 0 saturated heterocycles. The highest BCUT2D eigenvalue weighted by atomic mass is 35.5. The summed E-state index contributed by atoms with van der Waals surface area (Å²) in [4.78, 5) is 29.8. The van der Waals surface area contributed by atoms with E-state index in [0.29, 0.717) is 11.4 Å². The van der Waals surface area contributed by atoms with E-state index in [1.54, 1.807) is 31.0 Å². The maximum Gasteiger partial charge on any atom is 0.326 e. The number of nitrogens with one attached hydrogen (secondary N) is 1. The number of benzene rings is 1. The third-order valence-electron chi connectivity index (χ3n) is 4.19. The standard InChI is InChI=1S/C19H19ClN4O3/c1-11-18(13-6-4-5-7-14(13)21-11)19(26)12(2)27-17(25)10-24(3)16-9-8-15(20)22-23-16/h4-9,12,21H,10H2,1-3H3. The monoisotopic (exact) mass is 386 g/mol. The lowest BCUT2D eigenvalue weighted by Crippen LogP contribution is -2.32. The number of aromatic nitrogens is 3. The number of hydrogen-bond acceptors (Lipinski definition) is 6. The fraction of sp³-hybridized carbons (Fsp3) is 0.263. The Morgan fingerprint density at radius 2 is 1.96 bits per heavy atom. The summed E-state index contributed by atoms with van der Waals surface area (Å²) in [6.07, 6.45) is -0.903. The molecule has 0 amide bonds. The third-order valence-corrected chi connectivity index (χ3v) is 4.39. The van der Waals surface area contributed by atoms with Crippen molar-refractivity contribution in [1.82, 2.24) is 15.2 Å². The van der Waals surface area contributed by atoms with Gasteiger partial charge in [0.2, 0.25) is 5.78 Å². The van der Waals surface area contributed by atoms with Gasteiger partial charge in [0, 0.05) is 29.2 Å². The van der Waals surface area contributed by atoms with Gasteiger partial charge >= 0.3 is 5.97 Å². The number of H-pyrrole nitrogens is 1. The van der Waals surface area contributed by atoms with Gasteiger partial charge in [-0.25, -0.2) is 0 Å². The van der Waals surface area contributed by atoms with Crippen LogP contribution in [0.4, 0.5) is 5.82 Å². The number of likely N-dealkylation sites (N-methyl/N-ethyl adjacent to an activating group) is 1. The van der Waals surface area contributed by atoms with Crippen molar-refractivity contribution in [2.45, 2.75) is 20.0 Å². The van der Waals surface area contributed by atoms with Gasteiger partial charge < -0.3 is 14.6 Å². The van der Waals surface area contributed by atoms with Crippen molar-refractivity contribution in [3.63, 3.8) is 0 Å². The van der Waals surface area contributed by atoms with Gasteiger partial charge in [0.05, 0.1) is 0 Å². The molecule has 0 aliphatic heterocycles. The minimum atomic E-state index is -0.903. The molecular formula is C19H19ClN4O3. The van der Waals surface area contributed by atoms with Crippen molar-refractivity contribution in [2.75, 3.05) is 18.5 Å². The number of anilines is 1. The molecule has 0 spiro atoms. The number of ether oxygens (including phenoxy) is 1. The van der Waals surface area contributed by atoms with E-state index < -0.39 is 12.1 Å². The summed E-state index contributed by atoms with van der Waals surface area (Å²) in [5.41, 5.74) is 2.17. The second-order valence-corrected chi connectivity index (χ2v) is 6.62. The minimum Gasteiger partial charge on any atom is -0.453 e.